The van der Waals surface area contributed by atoms with E-state index < -0.39 is 5.41 Å². The molecule has 1 saturated carbocycles. The lowest BCUT2D eigenvalue weighted by Crippen LogP contribution is -2.25. The highest BCUT2D eigenvalue weighted by atomic mass is 16.6. The van der Waals surface area contributed by atoms with Crippen LogP contribution in [-0.2, 0) is 9.53 Å². The number of esters is 1. The summed E-state index contributed by atoms with van der Waals surface area (Å²) in [6.45, 7) is 8.82. The Morgan fingerprint density at radius 3 is 2.43 bits per heavy atom. The highest BCUT2D eigenvalue weighted by Gasteiger charge is 2.75. The summed E-state index contributed by atoms with van der Waals surface area (Å²) in [6, 6.07) is 14.5. The molecule has 28 heavy (non-hydrogen) atoms. The third-order valence-electron chi connectivity index (χ3n) is 5.75. The van der Waals surface area contributed by atoms with Crippen molar-refractivity contribution >= 4 is 5.97 Å². The molecule has 150 valence electrons. The molecule has 1 aromatic carbocycles. The number of aromatic nitrogens is 1. The van der Waals surface area contributed by atoms with Gasteiger partial charge in [-0.25, -0.2) is 0 Å². The average Bonchev–Trinajstić information content (AvgIpc) is 3.12. The fourth-order valence-corrected chi connectivity index (χ4v) is 3.54. The number of benzene rings is 1. The van der Waals surface area contributed by atoms with Gasteiger partial charge in [0.05, 0.1) is 11.5 Å². The van der Waals surface area contributed by atoms with Crippen molar-refractivity contribution in [3.8, 4) is 17.5 Å². The zero-order chi connectivity index (χ0) is 20.2. The lowest BCUT2D eigenvalue weighted by atomic mass is 9.99. The van der Waals surface area contributed by atoms with E-state index in [0.717, 1.165) is 19.3 Å². The third kappa shape index (κ3) is 4.04. The van der Waals surface area contributed by atoms with Crippen molar-refractivity contribution in [3.63, 3.8) is 0 Å². The van der Waals surface area contributed by atoms with Crippen LogP contribution in [-0.4, -0.2) is 23.7 Å². The van der Waals surface area contributed by atoms with Crippen LogP contribution in [0.2, 0.25) is 0 Å². The van der Waals surface area contributed by atoms with E-state index in [1.54, 1.807) is 18.2 Å². The van der Waals surface area contributed by atoms with Crippen LogP contribution < -0.4 is 9.47 Å². The monoisotopic (exact) mass is 383 g/mol. The Morgan fingerprint density at radius 2 is 1.71 bits per heavy atom. The van der Waals surface area contributed by atoms with Gasteiger partial charge in [-0.2, -0.15) is 4.98 Å². The molecular formula is C23H29NO4. The number of ether oxygens (including phenoxy) is 3. The number of hydrogen-bond acceptors (Lipinski definition) is 5. The van der Waals surface area contributed by atoms with E-state index in [0.29, 0.717) is 18.2 Å². The Hall–Kier alpha value is -2.40. The average molecular weight is 383 g/mol. The van der Waals surface area contributed by atoms with E-state index in [4.69, 9.17) is 14.2 Å². The molecule has 3 rings (SSSR count). The van der Waals surface area contributed by atoms with Crippen molar-refractivity contribution in [1.82, 2.24) is 4.98 Å². The smallest absolute Gasteiger partial charge is 0.321 e. The van der Waals surface area contributed by atoms with Gasteiger partial charge in [0.25, 0.3) is 0 Å². The second-order valence-electron chi connectivity index (χ2n) is 8.00. The van der Waals surface area contributed by atoms with Gasteiger partial charge in [-0.3, -0.25) is 4.79 Å². The van der Waals surface area contributed by atoms with Gasteiger partial charge in [0.15, 0.2) is 0 Å². The molecule has 0 bridgehead atoms. The van der Waals surface area contributed by atoms with Crippen molar-refractivity contribution in [3.05, 3.63) is 48.5 Å². The molecule has 0 amide bonds. The number of para-hydroxylation sites is 1. The van der Waals surface area contributed by atoms with E-state index >= 15 is 0 Å². The van der Waals surface area contributed by atoms with Crippen molar-refractivity contribution < 1.29 is 19.0 Å². The number of unbranched alkanes of at least 4 members (excludes halogenated alkanes) is 2. The predicted molar refractivity (Wildman–Crippen MR) is 108 cm³/mol. The van der Waals surface area contributed by atoms with Crippen LogP contribution >= 0.6 is 0 Å². The number of nitrogens with zero attached hydrogens (tertiary/aromatic N) is 1. The highest BCUT2D eigenvalue weighted by molar-refractivity contribution is 5.84. The van der Waals surface area contributed by atoms with Gasteiger partial charge in [0.1, 0.15) is 5.75 Å². The lowest BCUT2D eigenvalue weighted by Gasteiger charge is -2.13. The topological polar surface area (TPSA) is 57.7 Å². The summed E-state index contributed by atoms with van der Waals surface area (Å²) in [7, 11) is 0. The van der Waals surface area contributed by atoms with Crippen LogP contribution in [0.1, 0.15) is 47.0 Å². The highest BCUT2D eigenvalue weighted by Crippen LogP contribution is 2.65. The first-order chi connectivity index (χ1) is 13.4. The minimum atomic E-state index is -0.683. The zero-order valence-electron chi connectivity index (χ0n) is 17.1. The van der Waals surface area contributed by atoms with Gasteiger partial charge < -0.3 is 14.2 Å². The molecule has 1 aliphatic carbocycles. The van der Waals surface area contributed by atoms with E-state index in [9.17, 15) is 4.79 Å². The van der Waals surface area contributed by atoms with Gasteiger partial charge in [0.2, 0.25) is 11.8 Å². The first kappa shape index (κ1) is 20.3. The SMILES string of the molecule is CCCCCOC1C(C)(C)C1(C)C(=O)Oc1cccc(Oc2ccccc2)n1. The normalized spacial score (nSPS) is 22.5. The fraction of sp³-hybridized carbons (Fsp3) is 0.478. The van der Waals surface area contributed by atoms with Crippen molar-refractivity contribution in [2.24, 2.45) is 10.8 Å². The molecular weight excluding hydrogens is 354 g/mol. The number of carbonyl (C=O) groups excluding carboxylic acids is 1. The number of rotatable bonds is 9. The number of hydrogen-bond donors (Lipinski definition) is 0. The summed E-state index contributed by atoms with van der Waals surface area (Å²) in [6.07, 6.45) is 3.14. The summed E-state index contributed by atoms with van der Waals surface area (Å²) in [5, 5.41) is 0. The zero-order valence-corrected chi connectivity index (χ0v) is 17.1. The van der Waals surface area contributed by atoms with Crippen LogP contribution in [0.15, 0.2) is 48.5 Å². The van der Waals surface area contributed by atoms with Gasteiger partial charge >= 0.3 is 5.97 Å². The molecule has 0 saturated heterocycles. The Kier molecular flexibility index (Phi) is 6.04. The van der Waals surface area contributed by atoms with Gasteiger partial charge in [-0.05, 0) is 25.5 Å². The van der Waals surface area contributed by atoms with Gasteiger partial charge in [-0.15, -0.1) is 0 Å². The molecule has 0 radical (unpaired) electrons. The maximum absolute atomic E-state index is 12.9. The summed E-state index contributed by atoms with van der Waals surface area (Å²) < 4.78 is 17.3. The van der Waals surface area contributed by atoms with Gasteiger partial charge in [0, 0.05) is 24.2 Å². The molecule has 1 fully saturated rings. The Labute approximate surface area is 167 Å². The molecule has 0 N–H and O–H groups in total. The Balaban J connectivity index is 1.63. The van der Waals surface area contributed by atoms with Crippen LogP contribution in [0.25, 0.3) is 0 Å². The molecule has 5 nitrogen and oxygen atoms in total. The van der Waals surface area contributed by atoms with Crippen molar-refractivity contribution in [1.29, 1.82) is 0 Å². The standard InChI is InChI=1S/C23H29NO4/c1-5-6-10-16-26-20-22(2,3)23(20,4)21(25)28-19-15-11-14-18(24-19)27-17-12-8-7-9-13-17/h7-9,11-15,20H,5-6,10,16H2,1-4H3. The molecule has 0 spiro atoms. The lowest BCUT2D eigenvalue weighted by molar-refractivity contribution is -0.142. The van der Waals surface area contributed by atoms with E-state index in [1.165, 1.54) is 0 Å². The summed E-state index contributed by atoms with van der Waals surface area (Å²) >= 11 is 0. The van der Waals surface area contributed by atoms with Crippen molar-refractivity contribution in [2.75, 3.05) is 6.61 Å². The molecule has 1 heterocycles. The number of pyridine rings is 1. The van der Waals surface area contributed by atoms with Crippen LogP contribution in [0.5, 0.6) is 17.5 Å². The summed E-state index contributed by atoms with van der Waals surface area (Å²) in [5.41, 5.74) is -0.953. The molecule has 2 atom stereocenters. The minimum Gasteiger partial charge on any atom is -0.439 e. The largest absolute Gasteiger partial charge is 0.439 e. The summed E-state index contributed by atoms with van der Waals surface area (Å²) in [5.74, 6) is 0.966. The second kappa shape index (κ2) is 8.31. The van der Waals surface area contributed by atoms with Crippen LogP contribution in [0, 0.1) is 10.8 Å². The third-order valence-corrected chi connectivity index (χ3v) is 5.75. The summed E-state index contributed by atoms with van der Waals surface area (Å²) in [4.78, 5) is 17.2. The first-order valence-corrected chi connectivity index (χ1v) is 9.93. The quantitative estimate of drug-likeness (QED) is 0.428. The Bertz CT molecular complexity index is 805. The fourth-order valence-electron chi connectivity index (χ4n) is 3.54. The Morgan fingerprint density at radius 1 is 1.00 bits per heavy atom. The number of carbonyl (C=O) groups is 1. The molecule has 5 heteroatoms. The molecule has 1 aromatic heterocycles. The predicted octanol–water partition coefficient (Wildman–Crippen LogP) is 5.40. The van der Waals surface area contributed by atoms with Gasteiger partial charge in [-0.1, -0.05) is 57.9 Å². The van der Waals surface area contributed by atoms with E-state index in [2.05, 4.69) is 11.9 Å². The molecule has 1 aliphatic rings. The molecule has 2 unspecified atom stereocenters. The van der Waals surface area contributed by atoms with Crippen LogP contribution in [0.3, 0.4) is 0 Å². The second-order valence-corrected chi connectivity index (χ2v) is 8.00. The van der Waals surface area contributed by atoms with Crippen LogP contribution in [0.4, 0.5) is 0 Å². The molecule has 2 aromatic rings. The minimum absolute atomic E-state index is 0.145. The maximum Gasteiger partial charge on any atom is 0.321 e. The maximum atomic E-state index is 12.9. The van der Waals surface area contributed by atoms with E-state index in [-0.39, 0.29) is 23.4 Å². The van der Waals surface area contributed by atoms with Crippen molar-refractivity contribution in [2.45, 2.75) is 53.1 Å². The van der Waals surface area contributed by atoms with E-state index in [1.807, 2.05) is 51.1 Å². The molecule has 0 aliphatic heterocycles. The first-order valence-electron chi connectivity index (χ1n) is 9.93.